The number of nitrogens with zero attached hydrogens (tertiary/aromatic N) is 1. The van der Waals surface area contributed by atoms with Gasteiger partial charge in [0, 0.05) is 28.6 Å². The van der Waals surface area contributed by atoms with E-state index in [-0.39, 0.29) is 6.04 Å². The molecule has 0 saturated heterocycles. The molecule has 1 aliphatic heterocycles. The summed E-state index contributed by atoms with van der Waals surface area (Å²) in [6, 6.07) is 4.33. The van der Waals surface area contributed by atoms with E-state index in [1.807, 2.05) is 23.8 Å². The molecule has 1 aliphatic rings. The maximum absolute atomic E-state index is 6.26. The molecule has 2 heterocycles. The van der Waals surface area contributed by atoms with E-state index in [1.165, 1.54) is 16.0 Å². The van der Waals surface area contributed by atoms with Gasteiger partial charge in [-0.05, 0) is 42.6 Å². The van der Waals surface area contributed by atoms with E-state index in [2.05, 4.69) is 17.2 Å². The number of halogens is 1. The van der Waals surface area contributed by atoms with Crippen molar-refractivity contribution >= 4 is 22.9 Å². The first kappa shape index (κ1) is 14.8. The minimum absolute atomic E-state index is 0.268. The Hall–Kier alpha value is -1.10. The van der Waals surface area contributed by atoms with Gasteiger partial charge < -0.3 is 10.1 Å². The molecule has 0 saturated carbocycles. The highest BCUT2D eigenvalue weighted by molar-refractivity contribution is 7.09. The number of ether oxygens (including phenoxy) is 1. The number of aromatic nitrogens is 1. The summed E-state index contributed by atoms with van der Waals surface area (Å²) in [5, 5.41) is 4.40. The van der Waals surface area contributed by atoms with Gasteiger partial charge in [-0.1, -0.05) is 18.5 Å². The molecule has 1 aromatic carbocycles. The van der Waals surface area contributed by atoms with Crippen molar-refractivity contribution in [2.75, 3.05) is 13.2 Å². The van der Waals surface area contributed by atoms with Crippen molar-refractivity contribution in [1.82, 2.24) is 10.3 Å². The third kappa shape index (κ3) is 3.39. The topological polar surface area (TPSA) is 34.1 Å². The summed E-state index contributed by atoms with van der Waals surface area (Å²) in [6.45, 7) is 3.93. The number of fused-ring (bicyclic) bond motifs is 1. The summed E-state index contributed by atoms with van der Waals surface area (Å²) in [5.74, 6) is 1.03. The van der Waals surface area contributed by atoms with Crippen molar-refractivity contribution in [3.63, 3.8) is 0 Å². The van der Waals surface area contributed by atoms with Gasteiger partial charge in [-0.3, -0.25) is 4.98 Å². The summed E-state index contributed by atoms with van der Waals surface area (Å²) in [6.07, 6.45) is 4.89. The van der Waals surface area contributed by atoms with Gasteiger partial charge in [0.1, 0.15) is 5.75 Å². The number of benzene rings is 1. The van der Waals surface area contributed by atoms with Crippen molar-refractivity contribution < 1.29 is 4.74 Å². The maximum atomic E-state index is 6.26. The lowest BCUT2D eigenvalue weighted by Gasteiger charge is -2.18. The lowest BCUT2D eigenvalue weighted by molar-refractivity contribution is 0.351. The van der Waals surface area contributed by atoms with Crippen molar-refractivity contribution in [2.45, 2.75) is 32.2 Å². The van der Waals surface area contributed by atoms with Gasteiger partial charge >= 0.3 is 0 Å². The van der Waals surface area contributed by atoms with E-state index >= 15 is 0 Å². The average Bonchev–Trinajstić information content (AvgIpc) is 3.13. The first-order chi connectivity index (χ1) is 10.3. The quantitative estimate of drug-likeness (QED) is 0.872. The number of hydrogen-bond acceptors (Lipinski definition) is 4. The zero-order valence-electron chi connectivity index (χ0n) is 12.1. The highest BCUT2D eigenvalue weighted by Gasteiger charge is 2.21. The van der Waals surface area contributed by atoms with E-state index in [0.717, 1.165) is 43.2 Å². The number of rotatable bonds is 6. The van der Waals surface area contributed by atoms with E-state index in [9.17, 15) is 0 Å². The van der Waals surface area contributed by atoms with Gasteiger partial charge in [0.25, 0.3) is 0 Å². The Bertz CT molecular complexity index is 601. The molecular weight excluding hydrogens is 304 g/mol. The van der Waals surface area contributed by atoms with Crippen molar-refractivity contribution in [3.05, 3.63) is 44.9 Å². The molecule has 112 valence electrons. The lowest BCUT2D eigenvalue weighted by atomic mass is 10.0. The summed E-state index contributed by atoms with van der Waals surface area (Å²) in [5.41, 5.74) is 4.31. The zero-order valence-corrected chi connectivity index (χ0v) is 13.6. The van der Waals surface area contributed by atoms with Crippen molar-refractivity contribution in [2.24, 2.45) is 0 Å². The van der Waals surface area contributed by atoms with Gasteiger partial charge in [-0.25, -0.2) is 0 Å². The van der Waals surface area contributed by atoms with E-state index < -0.39 is 0 Å². The van der Waals surface area contributed by atoms with Crippen LogP contribution in [0.2, 0.25) is 5.02 Å². The molecule has 1 unspecified atom stereocenters. The predicted molar refractivity (Wildman–Crippen MR) is 87.5 cm³/mol. The second-order valence-electron chi connectivity index (χ2n) is 5.27. The van der Waals surface area contributed by atoms with E-state index in [1.54, 1.807) is 11.3 Å². The van der Waals surface area contributed by atoms with Crippen molar-refractivity contribution in [1.29, 1.82) is 0 Å². The smallest absolute Gasteiger partial charge is 0.125 e. The number of nitrogens with one attached hydrogen (secondary N) is 1. The Balaban J connectivity index is 1.86. The molecule has 3 nitrogen and oxygen atoms in total. The second kappa shape index (κ2) is 6.77. The molecule has 0 fully saturated rings. The largest absolute Gasteiger partial charge is 0.493 e. The van der Waals surface area contributed by atoms with Gasteiger partial charge in [0.15, 0.2) is 0 Å². The van der Waals surface area contributed by atoms with Crippen LogP contribution in [-0.2, 0) is 12.8 Å². The molecule has 0 bridgehead atoms. The number of hydrogen-bond donors (Lipinski definition) is 1. The molecule has 2 aromatic rings. The maximum Gasteiger partial charge on any atom is 0.125 e. The third-order valence-corrected chi connectivity index (χ3v) is 4.79. The summed E-state index contributed by atoms with van der Waals surface area (Å²) < 4.78 is 5.81. The summed E-state index contributed by atoms with van der Waals surface area (Å²) >= 11 is 7.95. The van der Waals surface area contributed by atoms with Crippen LogP contribution >= 0.6 is 22.9 Å². The molecule has 5 heteroatoms. The van der Waals surface area contributed by atoms with Crippen LogP contribution in [0.4, 0.5) is 0 Å². The summed E-state index contributed by atoms with van der Waals surface area (Å²) in [7, 11) is 0. The van der Waals surface area contributed by atoms with E-state index in [0.29, 0.717) is 0 Å². The Kier molecular flexibility index (Phi) is 4.78. The molecule has 0 aliphatic carbocycles. The Morgan fingerprint density at radius 2 is 2.38 bits per heavy atom. The first-order valence-corrected chi connectivity index (χ1v) is 8.59. The molecule has 21 heavy (non-hydrogen) atoms. The van der Waals surface area contributed by atoms with Gasteiger partial charge in [0.05, 0.1) is 12.1 Å². The SMILES string of the molecule is CCCNC(Cc1cc(Cl)cc2c1OCC2)c1cncs1. The molecule has 0 amide bonds. The molecular formula is C16H19ClN2OS. The van der Waals surface area contributed by atoms with Gasteiger partial charge in [-0.2, -0.15) is 0 Å². The van der Waals surface area contributed by atoms with E-state index in [4.69, 9.17) is 16.3 Å². The fourth-order valence-corrected chi connectivity index (χ4v) is 3.67. The molecule has 1 N–H and O–H groups in total. The monoisotopic (exact) mass is 322 g/mol. The molecule has 1 atom stereocenters. The van der Waals surface area contributed by atoms with Crippen LogP contribution in [0.5, 0.6) is 5.75 Å². The second-order valence-corrected chi connectivity index (χ2v) is 6.62. The van der Waals surface area contributed by atoms with Crippen molar-refractivity contribution in [3.8, 4) is 5.75 Å². The fourth-order valence-electron chi connectivity index (χ4n) is 2.71. The zero-order chi connectivity index (χ0) is 14.7. The normalized spacial score (nSPS) is 14.8. The van der Waals surface area contributed by atoms with Gasteiger partial charge in [0.2, 0.25) is 0 Å². The molecule has 1 aromatic heterocycles. The molecule has 0 radical (unpaired) electrons. The van der Waals surface area contributed by atoms with Crippen LogP contribution in [0.25, 0.3) is 0 Å². The predicted octanol–water partition coefficient (Wildman–Crippen LogP) is 4.01. The molecule has 3 rings (SSSR count). The molecule has 0 spiro atoms. The third-order valence-electron chi connectivity index (χ3n) is 3.68. The Labute approximate surface area is 134 Å². The lowest BCUT2D eigenvalue weighted by Crippen LogP contribution is -2.23. The standard InChI is InChI=1S/C16H19ClN2OS/c1-2-4-19-14(15-9-18-10-21-15)8-12-7-13(17)6-11-3-5-20-16(11)12/h6-7,9-10,14,19H,2-5,8H2,1H3. The minimum Gasteiger partial charge on any atom is -0.493 e. The summed E-state index contributed by atoms with van der Waals surface area (Å²) in [4.78, 5) is 5.46. The average molecular weight is 323 g/mol. The van der Waals surface area contributed by atoms with Crippen LogP contribution in [0.3, 0.4) is 0 Å². The Morgan fingerprint density at radius 1 is 1.48 bits per heavy atom. The number of thiazole rings is 1. The minimum atomic E-state index is 0.268. The first-order valence-electron chi connectivity index (χ1n) is 7.33. The van der Waals surface area contributed by atoms with Gasteiger partial charge in [-0.15, -0.1) is 11.3 Å². The van der Waals surface area contributed by atoms with Crippen LogP contribution in [0.1, 0.15) is 35.4 Å². The van der Waals surface area contributed by atoms with Crippen LogP contribution in [-0.4, -0.2) is 18.1 Å². The van der Waals surface area contributed by atoms with Crippen LogP contribution in [0.15, 0.2) is 23.8 Å². The highest BCUT2D eigenvalue weighted by atomic mass is 35.5. The Morgan fingerprint density at radius 3 is 3.14 bits per heavy atom. The fraction of sp³-hybridized carbons (Fsp3) is 0.438. The van der Waals surface area contributed by atoms with Crippen LogP contribution < -0.4 is 10.1 Å². The highest BCUT2D eigenvalue weighted by Crippen LogP contribution is 2.35. The van der Waals surface area contributed by atoms with Crippen LogP contribution in [0, 0.1) is 0 Å².